The summed E-state index contributed by atoms with van der Waals surface area (Å²) in [4.78, 5) is 39.7. The van der Waals surface area contributed by atoms with Gasteiger partial charge in [0.2, 0.25) is 6.54 Å². The van der Waals surface area contributed by atoms with Crippen molar-refractivity contribution in [3.8, 4) is 17.3 Å². The van der Waals surface area contributed by atoms with Gasteiger partial charge in [0, 0.05) is 68.3 Å². The van der Waals surface area contributed by atoms with Crippen molar-refractivity contribution in [2.45, 2.75) is 38.0 Å². The van der Waals surface area contributed by atoms with Gasteiger partial charge in [0.15, 0.2) is 11.6 Å². The molecule has 50 heavy (non-hydrogen) atoms. The van der Waals surface area contributed by atoms with Crippen molar-refractivity contribution in [3.63, 3.8) is 0 Å². The highest BCUT2D eigenvalue weighted by molar-refractivity contribution is 7.59. The molecule has 4 aromatic rings. The molecule has 1 aromatic carbocycles. The number of carbonyl (C=O) groups is 1. The van der Waals surface area contributed by atoms with E-state index in [-0.39, 0.29) is 83.9 Å². The van der Waals surface area contributed by atoms with Gasteiger partial charge in [-0.1, -0.05) is 24.8 Å². The number of aromatic nitrogens is 4. The molecule has 3 saturated heterocycles. The van der Waals surface area contributed by atoms with Crippen molar-refractivity contribution in [2.75, 3.05) is 57.4 Å². The quantitative estimate of drug-likeness (QED) is 0.138. The van der Waals surface area contributed by atoms with E-state index in [9.17, 15) is 9.18 Å². The molecule has 3 aliphatic heterocycles. The van der Waals surface area contributed by atoms with Crippen LogP contribution >= 0.6 is 40.5 Å². The number of ether oxygens (including phenoxy) is 2. The average molecular weight is 743 g/mol. The Balaban J connectivity index is 0.00000187. The molecule has 0 N–H and O–H groups in total. The van der Waals surface area contributed by atoms with Crippen LogP contribution in [-0.2, 0) is 9.53 Å². The number of aryl methyl sites for hydroxylation is 1. The van der Waals surface area contributed by atoms with Crippen molar-refractivity contribution in [1.82, 2.24) is 29.7 Å². The first-order chi connectivity index (χ1) is 22.8. The first-order valence-electron chi connectivity index (χ1n) is 15.7. The molecular formula is C34H40F2N8O3S3. The number of rotatable bonds is 9. The average Bonchev–Trinajstić information content (AvgIpc) is 3.70. The van der Waals surface area contributed by atoms with Gasteiger partial charge in [-0.2, -0.15) is 50.5 Å². The van der Waals surface area contributed by atoms with Crippen molar-refractivity contribution in [3.05, 3.63) is 72.0 Å². The van der Waals surface area contributed by atoms with Crippen LogP contribution in [0.25, 0.3) is 37.8 Å². The molecule has 0 aliphatic carbocycles. The Bertz CT molecular complexity index is 1930. The predicted octanol–water partition coefficient (Wildman–Crippen LogP) is 4.69. The molecular weight excluding hydrogens is 703 g/mol. The van der Waals surface area contributed by atoms with E-state index in [4.69, 9.17) is 21.0 Å². The van der Waals surface area contributed by atoms with Gasteiger partial charge in [-0.25, -0.2) is 15.4 Å². The minimum atomic E-state index is -1.08. The molecule has 1 amide bonds. The first kappa shape index (κ1) is 39.0. The molecule has 3 atom stereocenters. The van der Waals surface area contributed by atoms with Crippen LogP contribution in [0.1, 0.15) is 18.4 Å². The fourth-order valence-corrected chi connectivity index (χ4v) is 7.03. The van der Waals surface area contributed by atoms with Gasteiger partial charge in [-0.05, 0) is 30.7 Å². The summed E-state index contributed by atoms with van der Waals surface area (Å²) < 4.78 is 42.3. The summed E-state index contributed by atoms with van der Waals surface area (Å²) in [6, 6.07) is 5.64. The number of nitrogens with zero attached hydrogens (tertiary/aromatic N) is 8. The van der Waals surface area contributed by atoms with Gasteiger partial charge >= 0.3 is 6.01 Å². The Hall–Kier alpha value is -3.75. The number of amides is 1. The third-order valence-corrected chi connectivity index (χ3v) is 9.30. The Morgan fingerprint density at radius 3 is 2.70 bits per heavy atom. The molecule has 6 heterocycles. The minimum absolute atomic E-state index is 0. The molecule has 16 heteroatoms. The van der Waals surface area contributed by atoms with E-state index in [2.05, 4.69) is 31.3 Å². The van der Waals surface area contributed by atoms with Crippen LogP contribution in [0.2, 0.25) is 0 Å². The van der Waals surface area contributed by atoms with E-state index in [0.717, 1.165) is 48.9 Å². The second-order valence-electron chi connectivity index (χ2n) is 12.3. The largest absolute Gasteiger partial charge is 0.463 e. The lowest BCUT2D eigenvalue weighted by Gasteiger charge is -2.39. The van der Waals surface area contributed by atoms with Crippen molar-refractivity contribution >= 4 is 73.9 Å². The monoisotopic (exact) mass is 742 g/mol. The van der Waals surface area contributed by atoms with E-state index < -0.39 is 23.6 Å². The smallest absolute Gasteiger partial charge is 0.319 e. The molecule has 0 saturated carbocycles. The van der Waals surface area contributed by atoms with Crippen LogP contribution in [-0.4, -0.2) is 106 Å². The van der Waals surface area contributed by atoms with Crippen LogP contribution in [0.5, 0.6) is 6.01 Å². The van der Waals surface area contributed by atoms with E-state index in [1.807, 2.05) is 30.0 Å². The highest BCUT2D eigenvalue weighted by Crippen LogP contribution is 2.36. The lowest BCUT2D eigenvalue weighted by Crippen LogP contribution is -2.56. The van der Waals surface area contributed by atoms with Gasteiger partial charge in [0.25, 0.3) is 5.91 Å². The van der Waals surface area contributed by atoms with E-state index in [1.54, 1.807) is 18.6 Å². The van der Waals surface area contributed by atoms with Crippen molar-refractivity contribution in [2.24, 2.45) is 0 Å². The molecule has 3 aromatic heterocycles. The second-order valence-corrected chi connectivity index (χ2v) is 12.3. The number of fused-ring (bicyclic) bond motifs is 4. The number of anilines is 1. The second kappa shape index (κ2) is 16.5. The number of hydrogen-bond acceptors (Lipinski definition) is 9. The van der Waals surface area contributed by atoms with Crippen molar-refractivity contribution < 1.29 is 23.0 Å². The maximum Gasteiger partial charge on any atom is 0.319 e. The van der Waals surface area contributed by atoms with Crippen LogP contribution in [0.15, 0.2) is 49.2 Å². The van der Waals surface area contributed by atoms with Crippen LogP contribution < -0.4 is 9.64 Å². The normalized spacial score (nSPS) is 19.8. The zero-order chi connectivity index (χ0) is 32.7. The summed E-state index contributed by atoms with van der Waals surface area (Å²) >= 11 is 0. The number of carbonyl (C=O) groups excluding carboxylic acids is 1. The summed E-state index contributed by atoms with van der Waals surface area (Å²) in [5.41, 5.74) is 1.64. The Kier molecular flexibility index (Phi) is 12.9. The SMILES string of the molecule is S.S.S.[C-]#[N+]C[C@H]1CN(c2nc(OCCCN3C[C@@H]4C[C@H]3CO4)nc3c(F)c(-c4cncc5cccc(C)c45)ncc23)CCN1C(=O)C(=C)F. The van der Waals surface area contributed by atoms with Crippen LogP contribution in [0.3, 0.4) is 0 Å². The maximum atomic E-state index is 16.7. The summed E-state index contributed by atoms with van der Waals surface area (Å²) in [6.45, 7) is 15.9. The number of morpholine rings is 1. The molecule has 11 nitrogen and oxygen atoms in total. The molecule has 3 aliphatic rings. The van der Waals surface area contributed by atoms with E-state index >= 15 is 4.39 Å². The number of likely N-dealkylation sites (tertiary alicyclic amines) is 1. The molecule has 2 bridgehead atoms. The third-order valence-electron chi connectivity index (χ3n) is 9.30. The highest BCUT2D eigenvalue weighted by Gasteiger charge is 2.38. The topological polar surface area (TPSA) is 101 Å². The maximum absolute atomic E-state index is 16.7. The van der Waals surface area contributed by atoms with Crippen LogP contribution in [0.4, 0.5) is 14.6 Å². The number of piperazine rings is 1. The Labute approximate surface area is 310 Å². The number of pyridine rings is 2. The standard InChI is InChI=1S/C34H34F2N8O3.3H2S/c1-20-6-4-7-22-13-38-15-26(28(20)22)30-29(36)31-27(16-39-30)32(43-9-10-44(33(45)21(2)35)24(17-43)14-37-3)41-34(40-31)46-11-5-8-42-18-25-12-23(42)19-47-25;;;/h4,6-7,13,15-16,23-25H,2,5,8-12,14,17-19H2,1H3;3*1H2/t23-,24-,25-;;;/m0.../s1. The van der Waals surface area contributed by atoms with Gasteiger partial charge in [-0.15, -0.1) is 0 Å². The van der Waals surface area contributed by atoms with E-state index in [1.165, 1.54) is 4.90 Å². The number of benzene rings is 1. The van der Waals surface area contributed by atoms with Gasteiger partial charge in [0.05, 0.1) is 24.7 Å². The zero-order valence-corrected chi connectivity index (χ0v) is 30.5. The lowest BCUT2D eigenvalue weighted by atomic mass is 10.00. The summed E-state index contributed by atoms with van der Waals surface area (Å²) in [5.74, 6) is -2.20. The highest BCUT2D eigenvalue weighted by atomic mass is 32.1. The van der Waals surface area contributed by atoms with Crippen molar-refractivity contribution in [1.29, 1.82) is 0 Å². The number of halogens is 2. The molecule has 266 valence electrons. The number of hydrogen-bond donors (Lipinski definition) is 0. The third kappa shape index (κ3) is 7.47. The molecule has 3 fully saturated rings. The summed E-state index contributed by atoms with van der Waals surface area (Å²) in [7, 11) is 0. The van der Waals surface area contributed by atoms with Gasteiger partial charge in [0.1, 0.15) is 23.1 Å². The summed E-state index contributed by atoms with van der Waals surface area (Å²) in [6.07, 6.45) is 6.98. The van der Waals surface area contributed by atoms with E-state index in [0.29, 0.717) is 35.5 Å². The predicted molar refractivity (Wildman–Crippen MR) is 203 cm³/mol. The fraction of sp³-hybridized carbons (Fsp3) is 0.412. The van der Waals surface area contributed by atoms with Gasteiger partial charge in [-0.3, -0.25) is 19.7 Å². The summed E-state index contributed by atoms with van der Waals surface area (Å²) in [5, 5.41) is 2.06. The molecule has 7 rings (SSSR count). The molecule has 0 spiro atoms. The van der Waals surface area contributed by atoms with Gasteiger partial charge < -0.3 is 24.1 Å². The Morgan fingerprint density at radius 1 is 1.16 bits per heavy atom. The molecule has 0 unspecified atom stereocenters. The minimum Gasteiger partial charge on any atom is -0.463 e. The molecule has 0 radical (unpaired) electrons. The zero-order valence-electron chi connectivity index (χ0n) is 27.5. The lowest BCUT2D eigenvalue weighted by molar-refractivity contribution is -0.131. The fourth-order valence-electron chi connectivity index (χ4n) is 7.03. The first-order valence-corrected chi connectivity index (χ1v) is 15.7. The Morgan fingerprint density at radius 2 is 1.98 bits per heavy atom. The van der Waals surface area contributed by atoms with Crippen LogP contribution in [0, 0.1) is 19.3 Å².